The number of hydrogen-bond donors (Lipinski definition) is 1. The van der Waals surface area contributed by atoms with Crippen LogP contribution in [0.3, 0.4) is 0 Å². The molecule has 0 amide bonds. The Hall–Kier alpha value is -3.65. The molecule has 1 saturated heterocycles. The van der Waals surface area contributed by atoms with E-state index in [0.29, 0.717) is 23.8 Å². The van der Waals surface area contributed by atoms with Crippen LogP contribution >= 0.6 is 0 Å². The summed E-state index contributed by atoms with van der Waals surface area (Å²) in [5.74, 6) is -0.613. The van der Waals surface area contributed by atoms with Crippen LogP contribution in [0.2, 0.25) is 0 Å². The monoisotopic (exact) mass is 533 g/mol. The first kappa shape index (κ1) is 26.9. The molecule has 2 aromatic carbocycles. The fourth-order valence-corrected chi connectivity index (χ4v) is 5.16. The van der Waals surface area contributed by atoms with Crippen molar-refractivity contribution in [2.45, 2.75) is 26.7 Å². The van der Waals surface area contributed by atoms with Crippen LogP contribution in [0.25, 0.3) is 10.9 Å². The van der Waals surface area contributed by atoms with Gasteiger partial charge in [0.05, 0.1) is 12.1 Å². The average molecular weight is 534 g/mol. The molecule has 2 aliphatic heterocycles. The van der Waals surface area contributed by atoms with Crippen LogP contribution in [-0.4, -0.2) is 55.1 Å². The Labute approximate surface area is 229 Å². The maximum atomic E-state index is 15.8. The highest BCUT2D eigenvalue weighted by molar-refractivity contribution is 6.07. The third-order valence-electron chi connectivity index (χ3n) is 7.78. The van der Waals surface area contributed by atoms with Crippen molar-refractivity contribution in [3.8, 4) is 0 Å². The molecule has 0 bridgehead atoms. The van der Waals surface area contributed by atoms with Crippen molar-refractivity contribution in [2.24, 2.45) is 18.0 Å². The molecular weight excluding hydrogens is 496 g/mol. The van der Waals surface area contributed by atoms with Crippen molar-refractivity contribution in [1.29, 1.82) is 0 Å². The summed E-state index contributed by atoms with van der Waals surface area (Å²) in [4.78, 5) is 9.00. The number of benzene rings is 2. The van der Waals surface area contributed by atoms with E-state index in [2.05, 4.69) is 27.2 Å². The van der Waals surface area contributed by atoms with Crippen molar-refractivity contribution in [3.05, 3.63) is 83.4 Å². The van der Waals surface area contributed by atoms with E-state index >= 15 is 8.78 Å². The van der Waals surface area contributed by atoms with Crippen LogP contribution in [0.15, 0.2) is 71.3 Å². The van der Waals surface area contributed by atoms with Crippen molar-refractivity contribution in [2.75, 3.05) is 50.1 Å². The van der Waals surface area contributed by atoms with E-state index in [9.17, 15) is 0 Å². The zero-order valence-corrected chi connectivity index (χ0v) is 23.2. The number of fused-ring (bicyclic) bond motifs is 1. The molecule has 5 rings (SSSR count). The number of rotatable bonds is 6. The lowest BCUT2D eigenvalue weighted by Crippen LogP contribution is -2.44. The number of likely N-dealkylation sites (N-methyl/N-ethyl adjacent to an activating group) is 1. The molecule has 0 spiro atoms. The summed E-state index contributed by atoms with van der Waals surface area (Å²) in [6.45, 7) is 8.08. The highest BCUT2D eigenvalue weighted by Crippen LogP contribution is 2.28. The number of amidine groups is 1. The molecule has 1 aromatic heterocycles. The van der Waals surface area contributed by atoms with Gasteiger partial charge in [0, 0.05) is 74.2 Å². The number of nitrogens with zero attached hydrogens (tertiary/aromatic N) is 4. The minimum Gasteiger partial charge on any atom is -0.494 e. The number of aliphatic imine (C=N–C) groups is 1. The summed E-state index contributed by atoms with van der Waals surface area (Å²) in [6.07, 6.45) is 4.47. The van der Waals surface area contributed by atoms with Crippen LogP contribution in [0.4, 0.5) is 20.2 Å². The Morgan fingerprint density at radius 2 is 1.77 bits per heavy atom. The van der Waals surface area contributed by atoms with Crippen molar-refractivity contribution < 1.29 is 13.5 Å². The SMILES string of the molecule is Cc1cc2c(F)c(CCO/C3=C(F)/C(Nc4ccc(N5CCN(C)CC5)cc4)=N/C=C/CC3C)ccc2n1C. The van der Waals surface area contributed by atoms with E-state index in [1.165, 1.54) is 0 Å². The average Bonchev–Trinajstić information content (AvgIpc) is 3.23. The molecule has 0 radical (unpaired) electrons. The van der Waals surface area contributed by atoms with Gasteiger partial charge in [-0.3, -0.25) is 0 Å². The molecule has 39 heavy (non-hydrogen) atoms. The quantitative estimate of drug-likeness (QED) is 0.411. The molecule has 8 heteroatoms. The lowest BCUT2D eigenvalue weighted by Gasteiger charge is -2.34. The lowest BCUT2D eigenvalue weighted by molar-refractivity contribution is 0.175. The molecule has 3 heterocycles. The van der Waals surface area contributed by atoms with Gasteiger partial charge in [0.15, 0.2) is 5.84 Å². The first-order chi connectivity index (χ1) is 18.8. The smallest absolute Gasteiger partial charge is 0.203 e. The van der Waals surface area contributed by atoms with Gasteiger partial charge in [-0.05, 0) is 62.4 Å². The fourth-order valence-electron chi connectivity index (χ4n) is 5.16. The highest BCUT2D eigenvalue weighted by Gasteiger charge is 2.22. The summed E-state index contributed by atoms with van der Waals surface area (Å²) in [5, 5.41) is 3.72. The summed E-state index contributed by atoms with van der Waals surface area (Å²) in [6, 6.07) is 13.6. The van der Waals surface area contributed by atoms with E-state index in [-0.39, 0.29) is 29.9 Å². The second kappa shape index (κ2) is 11.6. The van der Waals surface area contributed by atoms with Crippen LogP contribution in [0.5, 0.6) is 0 Å². The Morgan fingerprint density at radius 1 is 1.03 bits per heavy atom. The van der Waals surface area contributed by atoms with Gasteiger partial charge >= 0.3 is 0 Å². The molecule has 2 aliphatic rings. The molecule has 0 aliphatic carbocycles. The number of allylic oxidation sites excluding steroid dienone is 2. The van der Waals surface area contributed by atoms with Crippen LogP contribution < -0.4 is 10.2 Å². The summed E-state index contributed by atoms with van der Waals surface area (Å²) in [5.41, 5.74) is 4.30. The van der Waals surface area contributed by atoms with Crippen LogP contribution in [-0.2, 0) is 18.2 Å². The van der Waals surface area contributed by atoms with Gasteiger partial charge in [0.2, 0.25) is 5.83 Å². The Morgan fingerprint density at radius 3 is 2.51 bits per heavy atom. The summed E-state index contributed by atoms with van der Waals surface area (Å²) >= 11 is 0. The predicted octanol–water partition coefficient (Wildman–Crippen LogP) is 6.18. The van der Waals surface area contributed by atoms with E-state index < -0.39 is 5.83 Å². The first-order valence-corrected chi connectivity index (χ1v) is 13.6. The molecule has 1 unspecified atom stereocenters. The number of nitrogens with one attached hydrogen (secondary N) is 1. The number of piperazine rings is 1. The van der Waals surface area contributed by atoms with E-state index in [1.807, 2.05) is 67.9 Å². The highest BCUT2D eigenvalue weighted by atomic mass is 19.1. The maximum absolute atomic E-state index is 15.8. The first-order valence-electron chi connectivity index (χ1n) is 13.6. The van der Waals surface area contributed by atoms with Gasteiger partial charge in [-0.25, -0.2) is 9.38 Å². The minimum absolute atomic E-state index is 0.104. The normalized spacial score (nSPS) is 22.8. The minimum atomic E-state index is -0.524. The molecular formula is C31H37F2N5O. The number of ether oxygens (including phenoxy) is 1. The van der Waals surface area contributed by atoms with Crippen LogP contribution in [0.1, 0.15) is 24.6 Å². The van der Waals surface area contributed by atoms with E-state index in [1.54, 1.807) is 12.3 Å². The van der Waals surface area contributed by atoms with Gasteiger partial charge in [-0.15, -0.1) is 0 Å². The second-order valence-electron chi connectivity index (χ2n) is 10.6. The second-order valence-corrected chi connectivity index (χ2v) is 10.6. The molecule has 1 fully saturated rings. The number of aryl methyl sites for hydroxylation is 2. The largest absolute Gasteiger partial charge is 0.494 e. The van der Waals surface area contributed by atoms with E-state index in [4.69, 9.17) is 4.74 Å². The van der Waals surface area contributed by atoms with Gasteiger partial charge < -0.3 is 24.4 Å². The molecule has 0 saturated carbocycles. The van der Waals surface area contributed by atoms with Gasteiger partial charge in [0.1, 0.15) is 11.6 Å². The molecule has 1 atom stereocenters. The van der Waals surface area contributed by atoms with E-state index in [0.717, 1.165) is 48.8 Å². The maximum Gasteiger partial charge on any atom is 0.203 e. The Balaban J connectivity index is 1.28. The Kier molecular flexibility index (Phi) is 8.02. The predicted molar refractivity (Wildman–Crippen MR) is 156 cm³/mol. The van der Waals surface area contributed by atoms with Gasteiger partial charge in [-0.1, -0.05) is 19.1 Å². The zero-order valence-electron chi connectivity index (χ0n) is 23.2. The van der Waals surface area contributed by atoms with Gasteiger partial charge in [0.25, 0.3) is 0 Å². The number of hydrogen-bond acceptors (Lipinski definition) is 5. The summed E-state index contributed by atoms with van der Waals surface area (Å²) < 4.78 is 38.9. The number of aromatic nitrogens is 1. The molecule has 206 valence electrons. The van der Waals surface area contributed by atoms with Crippen molar-refractivity contribution in [1.82, 2.24) is 9.47 Å². The fraction of sp³-hybridized carbons (Fsp3) is 0.387. The van der Waals surface area contributed by atoms with Crippen molar-refractivity contribution in [3.63, 3.8) is 0 Å². The summed E-state index contributed by atoms with van der Waals surface area (Å²) in [7, 11) is 4.06. The molecule has 6 nitrogen and oxygen atoms in total. The van der Waals surface area contributed by atoms with Crippen LogP contribution in [0, 0.1) is 18.7 Å². The standard InChI is InChI=1S/C31H37F2N5O/c1-21-6-5-14-34-31(35-24-8-10-25(11-9-24)38-17-15-36(3)16-18-38)29(33)30(21)39-19-13-23-7-12-27-26(28(23)32)20-22(2)37(27)4/h5,7-12,14,20-21H,6,13,15-19H2,1-4H3,(H,34,35)/b14-5+,30-29-. The molecule has 3 aromatic rings. The topological polar surface area (TPSA) is 45.0 Å². The van der Waals surface area contributed by atoms with Gasteiger partial charge in [-0.2, -0.15) is 4.39 Å². The number of halogens is 2. The third-order valence-corrected chi connectivity index (χ3v) is 7.78. The Bertz CT molecular complexity index is 1410. The van der Waals surface area contributed by atoms with Crippen molar-refractivity contribution >= 4 is 28.1 Å². The third kappa shape index (κ3) is 5.86. The number of anilines is 2. The molecule has 1 N–H and O–H groups in total. The lowest BCUT2D eigenvalue weighted by atomic mass is 10.0. The zero-order chi connectivity index (χ0) is 27.5.